The average molecular weight is 269 g/mol. The monoisotopic (exact) mass is 269 g/mol. The summed E-state index contributed by atoms with van der Waals surface area (Å²) >= 11 is 0. The molecule has 3 rings (SSSR count). The molecule has 1 aromatic carbocycles. The molecule has 18 heavy (non-hydrogen) atoms. The minimum Gasteiger partial charge on any atom is -0.208 e. The number of sulfonamides is 1. The molecule has 0 amide bonds. The Morgan fingerprint density at radius 1 is 1.11 bits per heavy atom. The van der Waals surface area contributed by atoms with E-state index in [2.05, 4.69) is 4.72 Å². The number of hydrogen-bond donors (Lipinski definition) is 1. The van der Waals surface area contributed by atoms with E-state index >= 15 is 0 Å². The van der Waals surface area contributed by atoms with Crippen molar-refractivity contribution in [2.45, 2.75) is 36.6 Å². The van der Waals surface area contributed by atoms with E-state index in [9.17, 15) is 12.8 Å². The van der Waals surface area contributed by atoms with Gasteiger partial charge in [0.2, 0.25) is 10.0 Å². The summed E-state index contributed by atoms with van der Waals surface area (Å²) in [4.78, 5) is 0.145. The molecule has 0 spiro atoms. The number of halogens is 1. The lowest BCUT2D eigenvalue weighted by Gasteiger charge is -2.22. The third-order valence-electron chi connectivity index (χ3n) is 4.17. The number of rotatable bonds is 3. The highest BCUT2D eigenvalue weighted by Gasteiger charge is 2.41. The zero-order valence-corrected chi connectivity index (χ0v) is 10.8. The molecule has 2 aliphatic rings. The molecule has 2 fully saturated rings. The number of nitrogens with one attached hydrogen (secondary N) is 1. The van der Waals surface area contributed by atoms with E-state index in [-0.39, 0.29) is 10.9 Å². The summed E-state index contributed by atoms with van der Waals surface area (Å²) < 4.78 is 39.8. The molecule has 3 nitrogen and oxygen atoms in total. The molecule has 0 aromatic heterocycles. The lowest BCUT2D eigenvalue weighted by atomic mass is 9.96. The van der Waals surface area contributed by atoms with Crippen LogP contribution in [0.5, 0.6) is 0 Å². The fraction of sp³-hybridized carbons (Fsp3) is 0.538. The van der Waals surface area contributed by atoms with Crippen LogP contribution in [-0.4, -0.2) is 14.5 Å². The molecule has 5 heteroatoms. The maximum absolute atomic E-state index is 12.8. The minimum atomic E-state index is -3.50. The van der Waals surface area contributed by atoms with Crippen LogP contribution >= 0.6 is 0 Å². The fourth-order valence-electron chi connectivity index (χ4n) is 3.27. The fourth-order valence-corrected chi connectivity index (χ4v) is 4.59. The van der Waals surface area contributed by atoms with Crippen LogP contribution in [0.2, 0.25) is 0 Å². The van der Waals surface area contributed by atoms with Crippen LogP contribution in [0.1, 0.15) is 25.7 Å². The normalized spacial score (nSPS) is 30.8. The zero-order valence-electron chi connectivity index (χ0n) is 9.97. The Balaban J connectivity index is 1.77. The molecule has 0 heterocycles. The van der Waals surface area contributed by atoms with Crippen molar-refractivity contribution in [1.29, 1.82) is 0 Å². The maximum atomic E-state index is 12.8. The van der Waals surface area contributed by atoms with Gasteiger partial charge in [0.25, 0.3) is 0 Å². The molecule has 0 aliphatic heterocycles. The highest BCUT2D eigenvalue weighted by Crippen LogP contribution is 2.44. The van der Waals surface area contributed by atoms with Crippen LogP contribution in [0, 0.1) is 17.7 Å². The molecular formula is C13H16FNO2S. The third kappa shape index (κ3) is 2.17. The Morgan fingerprint density at radius 3 is 2.39 bits per heavy atom. The van der Waals surface area contributed by atoms with Crippen LogP contribution in [0.4, 0.5) is 4.39 Å². The summed E-state index contributed by atoms with van der Waals surface area (Å²) in [5.74, 6) is 0.759. The second-order valence-electron chi connectivity index (χ2n) is 5.36. The molecule has 98 valence electrons. The van der Waals surface area contributed by atoms with Crippen LogP contribution in [0.3, 0.4) is 0 Å². The highest BCUT2D eigenvalue weighted by atomic mass is 32.2. The van der Waals surface area contributed by atoms with E-state index in [4.69, 9.17) is 0 Å². The Hall–Kier alpha value is -0.940. The number of benzene rings is 1. The smallest absolute Gasteiger partial charge is 0.208 e. The molecule has 0 radical (unpaired) electrons. The third-order valence-corrected chi connectivity index (χ3v) is 5.67. The first-order valence-corrected chi connectivity index (χ1v) is 7.81. The summed E-state index contributed by atoms with van der Waals surface area (Å²) in [5.41, 5.74) is 0. The molecule has 2 saturated carbocycles. The summed E-state index contributed by atoms with van der Waals surface area (Å²) in [7, 11) is -3.50. The summed E-state index contributed by atoms with van der Waals surface area (Å²) in [6.07, 6.45) is 4.46. The summed E-state index contributed by atoms with van der Waals surface area (Å²) in [5, 5.41) is 0. The number of hydrogen-bond acceptors (Lipinski definition) is 2. The summed E-state index contributed by atoms with van der Waals surface area (Å²) in [6, 6.07) is 5.04. The van der Waals surface area contributed by atoms with E-state index in [0.29, 0.717) is 11.8 Å². The van der Waals surface area contributed by atoms with Crippen molar-refractivity contribution in [3.8, 4) is 0 Å². The average Bonchev–Trinajstić information content (AvgIpc) is 2.91. The van der Waals surface area contributed by atoms with E-state index in [1.54, 1.807) is 0 Å². The van der Waals surface area contributed by atoms with Gasteiger partial charge in [0.05, 0.1) is 4.90 Å². The molecule has 0 saturated heterocycles. The molecule has 2 aliphatic carbocycles. The predicted molar refractivity (Wildman–Crippen MR) is 66.0 cm³/mol. The molecular weight excluding hydrogens is 253 g/mol. The van der Waals surface area contributed by atoms with Crippen LogP contribution in [-0.2, 0) is 10.0 Å². The molecule has 2 bridgehead atoms. The Labute approximate surface area is 106 Å². The largest absolute Gasteiger partial charge is 0.240 e. The second-order valence-corrected chi connectivity index (χ2v) is 7.07. The van der Waals surface area contributed by atoms with Crippen LogP contribution in [0.25, 0.3) is 0 Å². The van der Waals surface area contributed by atoms with Crippen molar-refractivity contribution in [3.63, 3.8) is 0 Å². The van der Waals surface area contributed by atoms with Crippen molar-refractivity contribution < 1.29 is 12.8 Å². The van der Waals surface area contributed by atoms with Gasteiger partial charge in [-0.25, -0.2) is 17.5 Å². The van der Waals surface area contributed by atoms with E-state index in [1.807, 2.05) is 0 Å². The molecule has 0 unspecified atom stereocenters. The van der Waals surface area contributed by atoms with Gasteiger partial charge in [0.15, 0.2) is 0 Å². The quantitative estimate of drug-likeness (QED) is 0.915. The maximum Gasteiger partial charge on any atom is 0.240 e. The van der Waals surface area contributed by atoms with Crippen LogP contribution in [0.15, 0.2) is 29.2 Å². The Bertz CT molecular complexity index is 541. The molecule has 3 atom stereocenters. The van der Waals surface area contributed by atoms with Gasteiger partial charge >= 0.3 is 0 Å². The van der Waals surface area contributed by atoms with E-state index < -0.39 is 15.8 Å². The van der Waals surface area contributed by atoms with Crippen molar-refractivity contribution >= 4 is 10.0 Å². The predicted octanol–water partition coefficient (Wildman–Crippen LogP) is 2.29. The van der Waals surface area contributed by atoms with E-state index in [1.165, 1.54) is 30.7 Å². The zero-order chi connectivity index (χ0) is 12.8. The van der Waals surface area contributed by atoms with Gasteiger partial charge in [0.1, 0.15) is 5.82 Å². The first-order valence-electron chi connectivity index (χ1n) is 6.32. The van der Waals surface area contributed by atoms with Gasteiger partial charge in [-0.2, -0.15) is 0 Å². The lowest BCUT2D eigenvalue weighted by Crippen LogP contribution is -2.38. The molecule has 1 N–H and O–H groups in total. The van der Waals surface area contributed by atoms with Gasteiger partial charge < -0.3 is 0 Å². The molecule has 1 aromatic rings. The van der Waals surface area contributed by atoms with Gasteiger partial charge in [-0.15, -0.1) is 0 Å². The van der Waals surface area contributed by atoms with Crippen molar-refractivity contribution in [2.75, 3.05) is 0 Å². The van der Waals surface area contributed by atoms with Crippen molar-refractivity contribution in [1.82, 2.24) is 4.72 Å². The van der Waals surface area contributed by atoms with Gasteiger partial charge in [-0.05, 0) is 55.4 Å². The Morgan fingerprint density at radius 2 is 1.83 bits per heavy atom. The van der Waals surface area contributed by atoms with Gasteiger partial charge in [-0.3, -0.25) is 0 Å². The lowest BCUT2D eigenvalue weighted by molar-refractivity contribution is 0.390. The minimum absolute atomic E-state index is 0.0683. The van der Waals surface area contributed by atoms with Gasteiger partial charge in [-0.1, -0.05) is 6.42 Å². The first kappa shape index (κ1) is 12.1. The summed E-state index contributed by atoms with van der Waals surface area (Å²) in [6.45, 7) is 0. The van der Waals surface area contributed by atoms with Crippen LogP contribution < -0.4 is 4.72 Å². The highest BCUT2D eigenvalue weighted by molar-refractivity contribution is 7.89. The number of fused-ring (bicyclic) bond motifs is 2. The van der Waals surface area contributed by atoms with Crippen molar-refractivity contribution in [2.24, 2.45) is 11.8 Å². The first-order chi connectivity index (χ1) is 8.54. The standard InChI is InChI=1S/C13H16FNO2S/c14-11-3-5-12(6-4-11)18(16,17)15-13-8-9-1-2-10(13)7-9/h3-6,9-10,13,15H,1-2,7-8H2/t9-,10-,13-/m0/s1. The van der Waals surface area contributed by atoms with Crippen molar-refractivity contribution in [3.05, 3.63) is 30.1 Å². The second kappa shape index (κ2) is 4.31. The van der Waals surface area contributed by atoms with E-state index in [0.717, 1.165) is 19.3 Å². The topological polar surface area (TPSA) is 46.2 Å². The van der Waals surface area contributed by atoms with Gasteiger partial charge in [0, 0.05) is 6.04 Å². The Kier molecular flexibility index (Phi) is 2.90. The SMILES string of the molecule is O=S(=O)(N[C@H]1C[C@H]2CC[C@H]1C2)c1ccc(F)cc1.